The normalized spacial score (nSPS) is 14.9. The molecule has 176 valence electrons. The molecule has 1 fully saturated rings. The lowest BCUT2D eigenvalue weighted by Gasteiger charge is -2.28. The molecular formula is C26H28N4O2S2. The molecule has 2 aromatic carbocycles. The molecule has 0 spiro atoms. The van der Waals surface area contributed by atoms with Crippen molar-refractivity contribution in [3.8, 4) is 11.1 Å². The van der Waals surface area contributed by atoms with Crippen LogP contribution in [0.4, 0.5) is 5.00 Å². The van der Waals surface area contributed by atoms with Gasteiger partial charge in [0.25, 0.3) is 5.91 Å². The standard InChI is InChI=1S/C26H28N4O2S2/c1-33-16-11-22(24-27-20-9-5-6-10-21(20)28-24)29-25(31)23-17-19(18-7-3-2-4-8-18)26(34-23)30-12-14-32-15-13-30/h2-10,17,22H,11-16H2,1H3,(H,27,28)(H,29,31). The Bertz CT molecular complexity index is 1220. The minimum Gasteiger partial charge on any atom is -0.378 e. The van der Waals surface area contributed by atoms with Gasteiger partial charge in [-0.3, -0.25) is 4.79 Å². The van der Waals surface area contributed by atoms with Crippen molar-refractivity contribution in [3.05, 3.63) is 71.4 Å². The number of anilines is 1. The molecule has 1 aliphatic heterocycles. The molecule has 5 rings (SSSR count). The molecule has 1 saturated heterocycles. The van der Waals surface area contributed by atoms with E-state index in [0.717, 1.165) is 58.2 Å². The fourth-order valence-corrected chi connectivity index (χ4v) is 5.81. The van der Waals surface area contributed by atoms with Gasteiger partial charge in [0.15, 0.2) is 0 Å². The van der Waals surface area contributed by atoms with Crippen molar-refractivity contribution < 1.29 is 9.53 Å². The van der Waals surface area contributed by atoms with Crippen LogP contribution in [0.5, 0.6) is 0 Å². The first kappa shape index (κ1) is 23.0. The van der Waals surface area contributed by atoms with Gasteiger partial charge in [-0.25, -0.2) is 4.98 Å². The number of thiophene rings is 1. The van der Waals surface area contributed by atoms with Gasteiger partial charge in [-0.1, -0.05) is 42.5 Å². The molecule has 0 saturated carbocycles. The van der Waals surface area contributed by atoms with Crippen LogP contribution in [0.25, 0.3) is 22.2 Å². The zero-order valence-corrected chi connectivity index (χ0v) is 20.8. The van der Waals surface area contributed by atoms with Crippen molar-refractivity contribution in [1.82, 2.24) is 15.3 Å². The van der Waals surface area contributed by atoms with Crippen LogP contribution in [0.2, 0.25) is 0 Å². The van der Waals surface area contributed by atoms with Crippen LogP contribution < -0.4 is 10.2 Å². The zero-order valence-electron chi connectivity index (χ0n) is 19.1. The van der Waals surface area contributed by atoms with Gasteiger partial charge in [0.1, 0.15) is 5.82 Å². The molecule has 1 aliphatic rings. The molecular weight excluding hydrogens is 464 g/mol. The second-order valence-electron chi connectivity index (χ2n) is 8.24. The zero-order chi connectivity index (χ0) is 23.3. The summed E-state index contributed by atoms with van der Waals surface area (Å²) in [6.07, 6.45) is 2.89. The van der Waals surface area contributed by atoms with E-state index in [2.05, 4.69) is 33.6 Å². The van der Waals surface area contributed by atoms with Crippen molar-refractivity contribution in [2.24, 2.45) is 0 Å². The summed E-state index contributed by atoms with van der Waals surface area (Å²) in [7, 11) is 0. The van der Waals surface area contributed by atoms with E-state index < -0.39 is 0 Å². The van der Waals surface area contributed by atoms with Crippen LogP contribution in [-0.4, -0.2) is 54.2 Å². The van der Waals surface area contributed by atoms with Crippen molar-refractivity contribution in [2.45, 2.75) is 12.5 Å². The maximum absolute atomic E-state index is 13.5. The Morgan fingerprint density at radius 1 is 1.18 bits per heavy atom. The van der Waals surface area contributed by atoms with Crippen LogP contribution in [0, 0.1) is 0 Å². The summed E-state index contributed by atoms with van der Waals surface area (Å²) in [6, 6.07) is 20.1. The topological polar surface area (TPSA) is 70.2 Å². The molecule has 4 aromatic rings. The van der Waals surface area contributed by atoms with E-state index in [0.29, 0.717) is 18.1 Å². The fourth-order valence-electron chi connectivity index (χ4n) is 4.20. The number of aromatic nitrogens is 2. The minimum absolute atomic E-state index is 0.0618. The Morgan fingerprint density at radius 2 is 1.94 bits per heavy atom. The first-order chi connectivity index (χ1) is 16.7. The number of hydrogen-bond donors (Lipinski definition) is 2. The number of ether oxygens (including phenoxy) is 1. The van der Waals surface area contributed by atoms with Gasteiger partial charge < -0.3 is 19.9 Å². The third-order valence-corrected chi connectivity index (χ3v) is 7.81. The molecule has 2 aromatic heterocycles. The quantitative estimate of drug-likeness (QED) is 0.347. The molecule has 6 nitrogen and oxygen atoms in total. The van der Waals surface area contributed by atoms with Gasteiger partial charge >= 0.3 is 0 Å². The number of imidazole rings is 1. The summed E-state index contributed by atoms with van der Waals surface area (Å²) in [5.74, 6) is 1.67. The smallest absolute Gasteiger partial charge is 0.262 e. The number of carbonyl (C=O) groups is 1. The van der Waals surface area contributed by atoms with Gasteiger partial charge in [0.2, 0.25) is 0 Å². The lowest BCUT2D eigenvalue weighted by molar-refractivity contribution is 0.0938. The van der Waals surface area contributed by atoms with E-state index >= 15 is 0 Å². The van der Waals surface area contributed by atoms with Crippen LogP contribution in [0.1, 0.15) is 28.0 Å². The van der Waals surface area contributed by atoms with Crippen molar-refractivity contribution in [2.75, 3.05) is 43.2 Å². The summed E-state index contributed by atoms with van der Waals surface area (Å²) < 4.78 is 5.56. The number of carbonyl (C=O) groups excluding carboxylic acids is 1. The molecule has 1 atom stereocenters. The predicted octanol–water partition coefficient (Wildman–Crippen LogP) is 5.35. The van der Waals surface area contributed by atoms with Crippen molar-refractivity contribution >= 4 is 45.0 Å². The SMILES string of the molecule is CSCCC(NC(=O)c1cc(-c2ccccc2)c(N2CCOCC2)s1)c1nc2ccccc2[nH]1. The molecule has 8 heteroatoms. The molecule has 0 bridgehead atoms. The summed E-state index contributed by atoms with van der Waals surface area (Å²) in [4.78, 5) is 24.7. The number of hydrogen-bond acceptors (Lipinski definition) is 6. The predicted molar refractivity (Wildman–Crippen MR) is 142 cm³/mol. The molecule has 0 radical (unpaired) electrons. The highest BCUT2D eigenvalue weighted by atomic mass is 32.2. The van der Waals surface area contributed by atoms with E-state index in [4.69, 9.17) is 9.72 Å². The summed E-state index contributed by atoms with van der Waals surface area (Å²) in [5.41, 5.74) is 4.12. The van der Waals surface area contributed by atoms with Gasteiger partial charge in [-0.2, -0.15) is 11.8 Å². The Balaban J connectivity index is 1.44. The lowest BCUT2D eigenvalue weighted by atomic mass is 10.1. The number of nitrogens with one attached hydrogen (secondary N) is 2. The van der Waals surface area contributed by atoms with Gasteiger partial charge in [0.05, 0.1) is 40.2 Å². The van der Waals surface area contributed by atoms with Crippen LogP contribution in [0.3, 0.4) is 0 Å². The molecule has 1 unspecified atom stereocenters. The van der Waals surface area contributed by atoms with E-state index in [1.54, 1.807) is 23.1 Å². The highest BCUT2D eigenvalue weighted by Crippen LogP contribution is 2.39. The number of H-pyrrole nitrogens is 1. The number of nitrogens with zero attached hydrogens (tertiary/aromatic N) is 2. The van der Waals surface area contributed by atoms with E-state index in [1.165, 1.54) is 0 Å². The highest BCUT2D eigenvalue weighted by molar-refractivity contribution is 7.98. The average molecular weight is 493 g/mol. The number of benzene rings is 2. The fraction of sp³-hybridized carbons (Fsp3) is 0.308. The summed E-state index contributed by atoms with van der Waals surface area (Å²) in [6.45, 7) is 3.07. The molecule has 1 amide bonds. The summed E-state index contributed by atoms with van der Waals surface area (Å²) in [5, 5.41) is 4.39. The maximum Gasteiger partial charge on any atom is 0.262 e. The van der Waals surface area contributed by atoms with E-state index in [1.807, 2.05) is 48.5 Å². The Hall–Kier alpha value is -2.81. The minimum atomic E-state index is -0.179. The van der Waals surface area contributed by atoms with Crippen LogP contribution >= 0.6 is 23.1 Å². The molecule has 0 aliphatic carbocycles. The Morgan fingerprint density at radius 3 is 2.71 bits per heavy atom. The van der Waals surface area contributed by atoms with Gasteiger partial charge in [0, 0.05) is 18.7 Å². The molecule has 34 heavy (non-hydrogen) atoms. The monoisotopic (exact) mass is 492 g/mol. The third-order valence-electron chi connectivity index (χ3n) is 5.97. The number of para-hydroxylation sites is 2. The van der Waals surface area contributed by atoms with Crippen LogP contribution in [0.15, 0.2) is 60.7 Å². The Kier molecular flexibility index (Phi) is 7.18. The van der Waals surface area contributed by atoms with Crippen molar-refractivity contribution in [1.29, 1.82) is 0 Å². The first-order valence-electron chi connectivity index (χ1n) is 11.5. The second kappa shape index (κ2) is 10.6. The lowest BCUT2D eigenvalue weighted by Crippen LogP contribution is -2.35. The van der Waals surface area contributed by atoms with E-state index in [9.17, 15) is 4.79 Å². The number of thioether (sulfide) groups is 1. The van der Waals surface area contributed by atoms with Crippen molar-refractivity contribution in [3.63, 3.8) is 0 Å². The number of rotatable bonds is 8. The van der Waals surface area contributed by atoms with Crippen LogP contribution in [-0.2, 0) is 4.74 Å². The third kappa shape index (κ3) is 4.99. The first-order valence-corrected chi connectivity index (χ1v) is 13.7. The maximum atomic E-state index is 13.5. The number of amides is 1. The number of fused-ring (bicyclic) bond motifs is 1. The number of morpholine rings is 1. The highest BCUT2D eigenvalue weighted by Gasteiger charge is 2.24. The molecule has 3 heterocycles. The van der Waals surface area contributed by atoms with Gasteiger partial charge in [-0.05, 0) is 42.2 Å². The van der Waals surface area contributed by atoms with Gasteiger partial charge in [-0.15, -0.1) is 11.3 Å². The largest absolute Gasteiger partial charge is 0.378 e. The average Bonchev–Trinajstić information content (AvgIpc) is 3.52. The molecule has 2 N–H and O–H groups in total. The second-order valence-corrected chi connectivity index (χ2v) is 10.3. The summed E-state index contributed by atoms with van der Waals surface area (Å²) >= 11 is 3.33. The number of aromatic amines is 1. The Labute approximate surface area is 207 Å². The van der Waals surface area contributed by atoms with E-state index in [-0.39, 0.29) is 11.9 Å².